The second-order valence-electron chi connectivity index (χ2n) is 4.95. The second-order valence-corrected chi connectivity index (χ2v) is 4.95. The number of benzene rings is 1. The van der Waals surface area contributed by atoms with Gasteiger partial charge in [0.15, 0.2) is 6.61 Å². The van der Waals surface area contributed by atoms with Crippen LogP contribution < -0.4 is 15.4 Å². The quantitative estimate of drug-likeness (QED) is 0.693. The van der Waals surface area contributed by atoms with Crippen molar-refractivity contribution in [3.63, 3.8) is 0 Å². The van der Waals surface area contributed by atoms with E-state index in [9.17, 15) is 14.4 Å². The summed E-state index contributed by atoms with van der Waals surface area (Å²) in [6.45, 7) is 3.13. The molecule has 126 valence electrons. The molecule has 1 aromatic carbocycles. The zero-order valence-electron chi connectivity index (χ0n) is 13.5. The maximum Gasteiger partial charge on any atom is 0.325 e. The van der Waals surface area contributed by atoms with Gasteiger partial charge in [-0.25, -0.2) is 0 Å². The molecule has 23 heavy (non-hydrogen) atoms. The van der Waals surface area contributed by atoms with Gasteiger partial charge in [-0.2, -0.15) is 0 Å². The number of amides is 2. The lowest BCUT2D eigenvalue weighted by molar-refractivity contribution is -0.147. The molecule has 7 heteroatoms. The normalized spacial score (nSPS) is 11.3. The molecule has 0 saturated heterocycles. The third kappa shape index (κ3) is 6.82. The molecule has 0 saturated carbocycles. The van der Waals surface area contributed by atoms with Crippen molar-refractivity contribution < 1.29 is 23.9 Å². The number of nitrogens with one attached hydrogen (secondary N) is 2. The fourth-order valence-corrected chi connectivity index (χ4v) is 1.61. The van der Waals surface area contributed by atoms with Gasteiger partial charge in [0.1, 0.15) is 12.3 Å². The van der Waals surface area contributed by atoms with Crippen LogP contribution in [0.4, 0.5) is 0 Å². The summed E-state index contributed by atoms with van der Waals surface area (Å²) in [6.07, 6.45) is 0.789. The highest BCUT2D eigenvalue weighted by Gasteiger charge is 2.11. The predicted octanol–water partition coefficient (Wildman–Crippen LogP) is 0.883. The summed E-state index contributed by atoms with van der Waals surface area (Å²) < 4.78 is 9.78. The summed E-state index contributed by atoms with van der Waals surface area (Å²) in [6, 6.07) is 6.48. The average Bonchev–Trinajstić information content (AvgIpc) is 2.57. The van der Waals surface area contributed by atoms with Crippen molar-refractivity contribution in [3.05, 3.63) is 29.8 Å². The number of rotatable bonds is 8. The minimum absolute atomic E-state index is 0.0241. The fraction of sp³-hybridized carbons (Fsp3) is 0.438. The Balaban J connectivity index is 2.32. The number of methoxy groups -OCH3 is 1. The van der Waals surface area contributed by atoms with E-state index in [2.05, 4.69) is 10.6 Å². The number of esters is 1. The van der Waals surface area contributed by atoms with Gasteiger partial charge < -0.3 is 20.1 Å². The molecule has 0 aliphatic rings. The topological polar surface area (TPSA) is 93.7 Å². The van der Waals surface area contributed by atoms with Crippen molar-refractivity contribution in [1.82, 2.24) is 10.6 Å². The van der Waals surface area contributed by atoms with Crippen molar-refractivity contribution in [1.29, 1.82) is 0 Å². The third-order valence-electron chi connectivity index (χ3n) is 3.13. The van der Waals surface area contributed by atoms with E-state index in [1.165, 1.54) is 7.11 Å². The van der Waals surface area contributed by atoms with E-state index in [0.717, 1.165) is 6.42 Å². The summed E-state index contributed by atoms with van der Waals surface area (Å²) in [4.78, 5) is 34.8. The van der Waals surface area contributed by atoms with Gasteiger partial charge >= 0.3 is 5.97 Å². The van der Waals surface area contributed by atoms with Crippen molar-refractivity contribution in [3.8, 4) is 5.75 Å². The first-order chi connectivity index (χ1) is 11.0. The molecule has 0 spiro atoms. The zero-order chi connectivity index (χ0) is 17.2. The van der Waals surface area contributed by atoms with Gasteiger partial charge in [-0.1, -0.05) is 6.92 Å². The number of carbonyl (C=O) groups is 3. The third-order valence-corrected chi connectivity index (χ3v) is 3.13. The molecule has 0 unspecified atom stereocenters. The molecule has 0 fully saturated rings. The summed E-state index contributed by atoms with van der Waals surface area (Å²) in [5.74, 6) is -0.817. The summed E-state index contributed by atoms with van der Waals surface area (Å²) in [7, 11) is 1.53. The summed E-state index contributed by atoms with van der Waals surface area (Å²) in [5.41, 5.74) is 0.396. The van der Waals surface area contributed by atoms with E-state index < -0.39 is 11.9 Å². The Labute approximate surface area is 135 Å². The largest absolute Gasteiger partial charge is 0.497 e. The van der Waals surface area contributed by atoms with Crippen molar-refractivity contribution >= 4 is 17.8 Å². The molecule has 0 heterocycles. The highest BCUT2D eigenvalue weighted by atomic mass is 16.5. The van der Waals surface area contributed by atoms with Gasteiger partial charge in [0, 0.05) is 11.6 Å². The lowest BCUT2D eigenvalue weighted by Gasteiger charge is -2.11. The van der Waals surface area contributed by atoms with E-state index in [1.54, 1.807) is 24.3 Å². The lowest BCUT2D eigenvalue weighted by atomic mass is 10.2. The predicted molar refractivity (Wildman–Crippen MR) is 84.2 cm³/mol. The Kier molecular flexibility index (Phi) is 7.59. The molecule has 7 nitrogen and oxygen atoms in total. The van der Waals surface area contributed by atoms with Crippen LogP contribution in [0.25, 0.3) is 0 Å². The fourth-order valence-electron chi connectivity index (χ4n) is 1.61. The number of carbonyl (C=O) groups excluding carboxylic acids is 3. The Morgan fingerprint density at radius 3 is 2.39 bits per heavy atom. The highest BCUT2D eigenvalue weighted by molar-refractivity contribution is 5.96. The first-order valence-electron chi connectivity index (χ1n) is 7.33. The minimum atomic E-state index is -0.675. The number of hydrogen-bond acceptors (Lipinski definition) is 5. The smallest absolute Gasteiger partial charge is 0.325 e. The van der Waals surface area contributed by atoms with Crippen LogP contribution >= 0.6 is 0 Å². The molecule has 1 atom stereocenters. The SMILES string of the molecule is CC[C@@H](C)NC(=O)COC(=O)CNC(=O)c1ccc(OC)cc1. The van der Waals surface area contributed by atoms with E-state index in [-0.39, 0.29) is 25.1 Å². The summed E-state index contributed by atoms with van der Waals surface area (Å²) >= 11 is 0. The molecule has 0 aromatic heterocycles. The average molecular weight is 322 g/mol. The molecule has 1 aromatic rings. The summed E-state index contributed by atoms with van der Waals surface area (Å²) in [5, 5.41) is 5.10. The molecular weight excluding hydrogens is 300 g/mol. The molecule has 0 radical (unpaired) electrons. The molecule has 2 N–H and O–H groups in total. The molecule has 0 aliphatic heterocycles. The van der Waals surface area contributed by atoms with Crippen LogP contribution in [0.2, 0.25) is 0 Å². The van der Waals surface area contributed by atoms with Crippen LogP contribution in [0.3, 0.4) is 0 Å². The highest BCUT2D eigenvalue weighted by Crippen LogP contribution is 2.10. The molecule has 0 bridgehead atoms. The maximum absolute atomic E-state index is 11.8. The van der Waals surface area contributed by atoms with Crippen LogP contribution in [-0.2, 0) is 14.3 Å². The van der Waals surface area contributed by atoms with Crippen LogP contribution in [0.15, 0.2) is 24.3 Å². The standard InChI is InChI=1S/C16H22N2O5/c1-4-11(2)18-14(19)10-23-15(20)9-17-16(21)12-5-7-13(22-3)8-6-12/h5-8,11H,4,9-10H2,1-3H3,(H,17,21)(H,18,19)/t11-/m1/s1. The molecule has 1 rings (SSSR count). The van der Waals surface area contributed by atoms with E-state index >= 15 is 0 Å². The Morgan fingerprint density at radius 2 is 1.83 bits per heavy atom. The molecule has 0 aliphatic carbocycles. The van der Waals surface area contributed by atoms with E-state index in [4.69, 9.17) is 9.47 Å². The Bertz CT molecular complexity index is 542. The van der Waals surface area contributed by atoms with Crippen molar-refractivity contribution in [2.24, 2.45) is 0 Å². The molecular formula is C16H22N2O5. The van der Waals surface area contributed by atoms with Gasteiger partial charge in [-0.15, -0.1) is 0 Å². The van der Waals surface area contributed by atoms with E-state index in [1.807, 2.05) is 13.8 Å². The minimum Gasteiger partial charge on any atom is -0.497 e. The Morgan fingerprint density at radius 1 is 1.17 bits per heavy atom. The number of ether oxygens (including phenoxy) is 2. The van der Waals surface area contributed by atoms with Gasteiger partial charge in [0.25, 0.3) is 11.8 Å². The van der Waals surface area contributed by atoms with Crippen LogP contribution in [-0.4, -0.2) is 44.1 Å². The Hall–Kier alpha value is -2.57. The lowest BCUT2D eigenvalue weighted by Crippen LogP contribution is -2.37. The van der Waals surface area contributed by atoms with E-state index in [0.29, 0.717) is 11.3 Å². The van der Waals surface area contributed by atoms with Gasteiger partial charge in [-0.05, 0) is 37.6 Å². The zero-order valence-corrected chi connectivity index (χ0v) is 13.5. The van der Waals surface area contributed by atoms with Crippen molar-refractivity contribution in [2.75, 3.05) is 20.3 Å². The van der Waals surface area contributed by atoms with Crippen LogP contribution in [0.1, 0.15) is 30.6 Å². The first kappa shape index (κ1) is 18.5. The monoisotopic (exact) mass is 322 g/mol. The van der Waals surface area contributed by atoms with Gasteiger partial charge in [-0.3, -0.25) is 14.4 Å². The van der Waals surface area contributed by atoms with Gasteiger partial charge in [0.2, 0.25) is 0 Å². The van der Waals surface area contributed by atoms with Crippen LogP contribution in [0, 0.1) is 0 Å². The number of hydrogen-bond donors (Lipinski definition) is 2. The van der Waals surface area contributed by atoms with Crippen LogP contribution in [0.5, 0.6) is 5.75 Å². The molecule has 2 amide bonds. The van der Waals surface area contributed by atoms with Gasteiger partial charge in [0.05, 0.1) is 7.11 Å². The first-order valence-corrected chi connectivity index (χ1v) is 7.33. The van der Waals surface area contributed by atoms with Crippen molar-refractivity contribution in [2.45, 2.75) is 26.3 Å². The second kappa shape index (κ2) is 9.45. The maximum atomic E-state index is 11.8.